The van der Waals surface area contributed by atoms with E-state index in [0.717, 1.165) is 16.9 Å². The fourth-order valence-electron chi connectivity index (χ4n) is 1.77. The minimum Gasteiger partial charge on any atom is -0.299 e. The molecule has 2 atom stereocenters. The summed E-state index contributed by atoms with van der Waals surface area (Å²) in [6.45, 7) is 4.00. The number of hydrogen-bond donors (Lipinski definition) is 0. The second-order valence-corrected chi connectivity index (χ2v) is 5.20. The highest BCUT2D eigenvalue weighted by atomic mass is 32.2. The molecule has 0 aromatic carbocycles. The van der Waals surface area contributed by atoms with Crippen molar-refractivity contribution >= 4 is 17.5 Å². The van der Waals surface area contributed by atoms with Crippen molar-refractivity contribution in [3.63, 3.8) is 0 Å². The molecule has 0 heterocycles. The number of carbonyl (C=O) groups is 1. The Balaban J connectivity index is 2.18. The zero-order chi connectivity index (χ0) is 8.97. The Bertz CT molecular complexity index is 156. The summed E-state index contributed by atoms with van der Waals surface area (Å²) in [6.07, 6.45) is 5.38. The summed E-state index contributed by atoms with van der Waals surface area (Å²) in [5, 5.41) is 0.762. The van der Waals surface area contributed by atoms with Crippen LogP contribution in [0.1, 0.15) is 39.5 Å². The second kappa shape index (κ2) is 4.90. The van der Waals surface area contributed by atoms with Gasteiger partial charge in [0.1, 0.15) is 5.78 Å². The molecule has 2 heteroatoms. The molecule has 1 nitrogen and oxygen atoms in total. The summed E-state index contributed by atoms with van der Waals surface area (Å²) in [7, 11) is 0. The predicted molar refractivity (Wildman–Crippen MR) is 54.6 cm³/mol. The van der Waals surface area contributed by atoms with E-state index < -0.39 is 0 Å². The first kappa shape index (κ1) is 10.1. The SMILES string of the molecule is CC(=O)CSC1CCCC(C)C1. The molecule has 0 N–H and O–H groups in total. The molecule has 0 aromatic rings. The summed E-state index contributed by atoms with van der Waals surface area (Å²) in [4.78, 5) is 10.7. The lowest BCUT2D eigenvalue weighted by atomic mass is 9.91. The fraction of sp³-hybridized carbons (Fsp3) is 0.900. The van der Waals surface area contributed by atoms with Gasteiger partial charge >= 0.3 is 0 Å². The van der Waals surface area contributed by atoms with Crippen molar-refractivity contribution in [2.45, 2.75) is 44.8 Å². The smallest absolute Gasteiger partial charge is 0.139 e. The van der Waals surface area contributed by atoms with E-state index >= 15 is 0 Å². The highest BCUT2D eigenvalue weighted by Gasteiger charge is 2.19. The Hall–Kier alpha value is 0.0200. The molecule has 0 aromatic heterocycles. The first-order valence-corrected chi connectivity index (χ1v) is 5.84. The van der Waals surface area contributed by atoms with Gasteiger partial charge in [0.25, 0.3) is 0 Å². The van der Waals surface area contributed by atoms with Crippen LogP contribution in [0.3, 0.4) is 0 Å². The lowest BCUT2D eigenvalue weighted by Gasteiger charge is -2.25. The molecular weight excluding hydrogens is 168 g/mol. The molecule has 1 aliphatic carbocycles. The van der Waals surface area contributed by atoms with Gasteiger partial charge in [0.15, 0.2) is 0 Å². The van der Waals surface area contributed by atoms with Gasteiger partial charge in [-0.2, -0.15) is 11.8 Å². The average Bonchev–Trinajstić information content (AvgIpc) is 2.01. The molecule has 0 bridgehead atoms. The molecule has 70 valence electrons. The zero-order valence-corrected chi connectivity index (χ0v) is 8.82. The van der Waals surface area contributed by atoms with Crippen LogP contribution in [0.2, 0.25) is 0 Å². The third kappa shape index (κ3) is 3.61. The normalized spacial score (nSPS) is 30.2. The number of ketones is 1. The van der Waals surface area contributed by atoms with E-state index in [-0.39, 0.29) is 0 Å². The van der Waals surface area contributed by atoms with Gasteiger partial charge in [-0.3, -0.25) is 4.79 Å². The summed E-state index contributed by atoms with van der Waals surface area (Å²) < 4.78 is 0. The Morgan fingerprint density at radius 1 is 1.50 bits per heavy atom. The molecule has 0 saturated heterocycles. The first-order valence-electron chi connectivity index (χ1n) is 4.79. The maximum absolute atomic E-state index is 10.7. The molecule has 1 fully saturated rings. The largest absolute Gasteiger partial charge is 0.299 e. The molecule has 0 radical (unpaired) electrons. The molecule has 12 heavy (non-hydrogen) atoms. The van der Waals surface area contributed by atoms with Crippen LogP contribution in [0.4, 0.5) is 0 Å². The Kier molecular flexibility index (Phi) is 4.13. The van der Waals surface area contributed by atoms with E-state index in [1.165, 1.54) is 25.7 Å². The van der Waals surface area contributed by atoms with Gasteiger partial charge in [0.2, 0.25) is 0 Å². The highest BCUT2D eigenvalue weighted by molar-refractivity contribution is 8.00. The van der Waals surface area contributed by atoms with Gasteiger partial charge in [-0.05, 0) is 25.7 Å². The zero-order valence-electron chi connectivity index (χ0n) is 8.01. The van der Waals surface area contributed by atoms with Crippen LogP contribution < -0.4 is 0 Å². The van der Waals surface area contributed by atoms with Crippen molar-refractivity contribution in [2.75, 3.05) is 5.75 Å². The maximum atomic E-state index is 10.7. The van der Waals surface area contributed by atoms with Crippen LogP contribution in [-0.2, 0) is 4.79 Å². The number of Topliss-reactive ketones (excluding diaryl/α,β-unsaturated/α-hetero) is 1. The lowest BCUT2D eigenvalue weighted by Crippen LogP contribution is -2.16. The summed E-state index contributed by atoms with van der Waals surface area (Å²) in [5.41, 5.74) is 0. The minimum absolute atomic E-state index is 0.318. The highest BCUT2D eigenvalue weighted by Crippen LogP contribution is 2.31. The molecule has 0 amide bonds. The Morgan fingerprint density at radius 3 is 2.83 bits per heavy atom. The van der Waals surface area contributed by atoms with E-state index in [1.54, 1.807) is 6.92 Å². The minimum atomic E-state index is 0.318. The van der Waals surface area contributed by atoms with Gasteiger partial charge in [-0.15, -0.1) is 0 Å². The van der Waals surface area contributed by atoms with Gasteiger partial charge in [0.05, 0.1) is 5.75 Å². The molecule has 1 aliphatic rings. The fourth-order valence-corrected chi connectivity index (χ4v) is 3.03. The number of carbonyl (C=O) groups excluding carboxylic acids is 1. The topological polar surface area (TPSA) is 17.1 Å². The van der Waals surface area contributed by atoms with Crippen molar-refractivity contribution in [1.29, 1.82) is 0 Å². The predicted octanol–water partition coefficient (Wildman–Crippen LogP) is 2.89. The Morgan fingerprint density at radius 2 is 2.25 bits per heavy atom. The number of rotatable bonds is 3. The van der Waals surface area contributed by atoms with Crippen LogP contribution in [0.15, 0.2) is 0 Å². The second-order valence-electron chi connectivity index (χ2n) is 3.91. The number of thioether (sulfide) groups is 1. The molecule has 0 aliphatic heterocycles. The van der Waals surface area contributed by atoms with Crippen LogP contribution in [0, 0.1) is 5.92 Å². The van der Waals surface area contributed by atoms with Crippen LogP contribution in [0.25, 0.3) is 0 Å². The van der Waals surface area contributed by atoms with Crippen LogP contribution in [-0.4, -0.2) is 16.8 Å². The van der Waals surface area contributed by atoms with Crippen molar-refractivity contribution in [3.8, 4) is 0 Å². The molecule has 1 saturated carbocycles. The molecular formula is C10H18OS. The van der Waals surface area contributed by atoms with Crippen molar-refractivity contribution in [1.82, 2.24) is 0 Å². The standard InChI is InChI=1S/C10H18OS/c1-8-4-3-5-10(6-8)12-7-9(2)11/h8,10H,3-7H2,1-2H3. The molecule has 2 unspecified atom stereocenters. The summed E-state index contributed by atoms with van der Waals surface area (Å²) >= 11 is 1.86. The van der Waals surface area contributed by atoms with Crippen molar-refractivity contribution in [3.05, 3.63) is 0 Å². The van der Waals surface area contributed by atoms with Gasteiger partial charge < -0.3 is 0 Å². The summed E-state index contributed by atoms with van der Waals surface area (Å²) in [5.74, 6) is 1.92. The van der Waals surface area contributed by atoms with E-state index in [2.05, 4.69) is 6.92 Å². The molecule has 1 rings (SSSR count). The number of hydrogen-bond acceptors (Lipinski definition) is 2. The summed E-state index contributed by atoms with van der Waals surface area (Å²) in [6, 6.07) is 0. The van der Waals surface area contributed by atoms with Crippen LogP contribution in [0.5, 0.6) is 0 Å². The average molecular weight is 186 g/mol. The van der Waals surface area contributed by atoms with Gasteiger partial charge in [-0.25, -0.2) is 0 Å². The van der Waals surface area contributed by atoms with Crippen molar-refractivity contribution < 1.29 is 4.79 Å². The van der Waals surface area contributed by atoms with E-state index in [4.69, 9.17) is 0 Å². The molecule has 0 spiro atoms. The van der Waals surface area contributed by atoms with E-state index in [9.17, 15) is 4.79 Å². The van der Waals surface area contributed by atoms with E-state index in [0.29, 0.717) is 5.78 Å². The Labute approximate surface area is 79.3 Å². The lowest BCUT2D eigenvalue weighted by molar-refractivity contribution is -0.114. The third-order valence-electron chi connectivity index (χ3n) is 2.41. The van der Waals surface area contributed by atoms with Crippen molar-refractivity contribution in [2.24, 2.45) is 5.92 Å². The van der Waals surface area contributed by atoms with Gasteiger partial charge in [-0.1, -0.05) is 19.8 Å². The van der Waals surface area contributed by atoms with Crippen LogP contribution >= 0.6 is 11.8 Å². The maximum Gasteiger partial charge on any atom is 0.139 e. The van der Waals surface area contributed by atoms with E-state index in [1.807, 2.05) is 11.8 Å². The monoisotopic (exact) mass is 186 g/mol. The van der Waals surface area contributed by atoms with Gasteiger partial charge in [0, 0.05) is 5.25 Å². The first-order chi connectivity index (χ1) is 5.68. The quantitative estimate of drug-likeness (QED) is 0.674. The third-order valence-corrected chi connectivity index (χ3v) is 3.88.